The Kier molecular flexibility index (Phi) is 3.78. The third-order valence-corrected chi connectivity index (χ3v) is 3.34. The number of nitrogens with zero attached hydrogens (tertiary/aromatic N) is 1. The van der Waals surface area contributed by atoms with Crippen molar-refractivity contribution in [1.82, 2.24) is 4.90 Å². The highest BCUT2D eigenvalue weighted by molar-refractivity contribution is 4.83. The summed E-state index contributed by atoms with van der Waals surface area (Å²) in [6.45, 7) is 13.1. The minimum atomic E-state index is 0.718. The molecular formula is C12H25N. The topological polar surface area (TPSA) is 3.24 Å². The lowest BCUT2D eigenvalue weighted by Crippen LogP contribution is -2.48. The van der Waals surface area contributed by atoms with Crippen LogP contribution in [0.25, 0.3) is 0 Å². The maximum Gasteiger partial charge on any atom is 0.0121 e. The Morgan fingerprint density at radius 2 is 1.69 bits per heavy atom. The highest BCUT2D eigenvalue weighted by atomic mass is 15.2. The summed E-state index contributed by atoms with van der Waals surface area (Å²) in [6.07, 6.45) is 2.82. The first kappa shape index (κ1) is 11.0. The van der Waals surface area contributed by atoms with E-state index in [0.717, 1.165) is 23.9 Å². The summed E-state index contributed by atoms with van der Waals surface area (Å²) in [5, 5.41) is 0. The molecule has 0 N–H and O–H groups in total. The van der Waals surface area contributed by atoms with Crippen molar-refractivity contribution >= 4 is 0 Å². The zero-order valence-electron chi connectivity index (χ0n) is 9.88. The van der Waals surface area contributed by atoms with Crippen LogP contribution in [0.2, 0.25) is 0 Å². The van der Waals surface area contributed by atoms with Crippen LogP contribution in [0.1, 0.15) is 47.5 Å². The van der Waals surface area contributed by atoms with E-state index in [0.29, 0.717) is 0 Å². The highest BCUT2D eigenvalue weighted by Crippen LogP contribution is 2.27. The fourth-order valence-electron chi connectivity index (χ4n) is 2.52. The molecule has 0 aromatic carbocycles. The Morgan fingerprint density at radius 1 is 1.08 bits per heavy atom. The van der Waals surface area contributed by atoms with E-state index in [1.807, 2.05) is 0 Å². The molecule has 0 aliphatic carbocycles. The van der Waals surface area contributed by atoms with Crippen molar-refractivity contribution in [2.75, 3.05) is 6.54 Å². The Morgan fingerprint density at radius 3 is 2.15 bits per heavy atom. The van der Waals surface area contributed by atoms with Gasteiger partial charge < -0.3 is 0 Å². The standard InChI is InChI=1S/C12H25N/c1-9(2)12-7-6-11(5)8-13(12)10(3)4/h9-12H,6-8H2,1-5H3. The monoisotopic (exact) mass is 183 g/mol. The van der Waals surface area contributed by atoms with Gasteiger partial charge in [-0.3, -0.25) is 4.90 Å². The van der Waals surface area contributed by atoms with E-state index in [2.05, 4.69) is 39.5 Å². The Balaban J connectivity index is 2.60. The molecule has 1 nitrogen and oxygen atoms in total. The van der Waals surface area contributed by atoms with Gasteiger partial charge >= 0.3 is 0 Å². The third kappa shape index (κ3) is 2.70. The number of rotatable bonds is 2. The quantitative estimate of drug-likeness (QED) is 0.635. The third-order valence-electron chi connectivity index (χ3n) is 3.34. The van der Waals surface area contributed by atoms with Gasteiger partial charge in [-0.15, -0.1) is 0 Å². The van der Waals surface area contributed by atoms with Gasteiger partial charge in [0.1, 0.15) is 0 Å². The molecule has 1 aliphatic rings. The van der Waals surface area contributed by atoms with Crippen LogP contribution >= 0.6 is 0 Å². The van der Waals surface area contributed by atoms with Gasteiger partial charge in [0.25, 0.3) is 0 Å². The molecule has 1 fully saturated rings. The fraction of sp³-hybridized carbons (Fsp3) is 1.00. The molecule has 1 heterocycles. The molecule has 78 valence electrons. The van der Waals surface area contributed by atoms with E-state index in [1.165, 1.54) is 19.4 Å². The molecule has 1 rings (SSSR count). The first-order valence-electron chi connectivity index (χ1n) is 5.78. The van der Waals surface area contributed by atoms with Crippen molar-refractivity contribution in [2.45, 2.75) is 59.5 Å². The smallest absolute Gasteiger partial charge is 0.0121 e. The summed E-state index contributed by atoms with van der Waals surface area (Å²) in [7, 11) is 0. The molecule has 1 heteroatoms. The Bertz CT molecular complexity index is 151. The first-order valence-corrected chi connectivity index (χ1v) is 5.78. The van der Waals surface area contributed by atoms with E-state index in [-0.39, 0.29) is 0 Å². The second-order valence-corrected chi connectivity index (χ2v) is 5.28. The summed E-state index contributed by atoms with van der Waals surface area (Å²) in [5.74, 6) is 1.72. The average Bonchev–Trinajstić information content (AvgIpc) is 2.03. The molecule has 0 bridgehead atoms. The summed E-state index contributed by atoms with van der Waals surface area (Å²) < 4.78 is 0. The largest absolute Gasteiger partial charge is 0.297 e. The van der Waals surface area contributed by atoms with Gasteiger partial charge in [-0.25, -0.2) is 0 Å². The molecule has 1 saturated heterocycles. The summed E-state index contributed by atoms with van der Waals surface area (Å²) in [6, 6.07) is 1.55. The molecule has 13 heavy (non-hydrogen) atoms. The lowest BCUT2D eigenvalue weighted by Gasteiger charge is -2.43. The zero-order valence-corrected chi connectivity index (χ0v) is 9.88. The van der Waals surface area contributed by atoms with Crippen LogP contribution in [0.4, 0.5) is 0 Å². The second-order valence-electron chi connectivity index (χ2n) is 5.28. The maximum atomic E-state index is 2.69. The molecule has 0 radical (unpaired) electrons. The van der Waals surface area contributed by atoms with E-state index in [1.54, 1.807) is 0 Å². The number of likely N-dealkylation sites (tertiary alicyclic amines) is 1. The zero-order chi connectivity index (χ0) is 10.0. The van der Waals surface area contributed by atoms with E-state index < -0.39 is 0 Å². The fourth-order valence-corrected chi connectivity index (χ4v) is 2.52. The van der Waals surface area contributed by atoms with Gasteiger partial charge in [0.2, 0.25) is 0 Å². The number of piperidine rings is 1. The normalized spacial score (nSPS) is 31.6. The van der Waals surface area contributed by atoms with Crippen molar-refractivity contribution in [1.29, 1.82) is 0 Å². The molecule has 2 unspecified atom stereocenters. The van der Waals surface area contributed by atoms with Crippen molar-refractivity contribution in [2.24, 2.45) is 11.8 Å². The summed E-state index contributed by atoms with van der Waals surface area (Å²) >= 11 is 0. The molecular weight excluding hydrogens is 158 g/mol. The van der Waals surface area contributed by atoms with Gasteiger partial charge in [0, 0.05) is 18.6 Å². The molecule has 0 saturated carbocycles. The lowest BCUT2D eigenvalue weighted by molar-refractivity contribution is 0.0553. The second kappa shape index (κ2) is 4.45. The van der Waals surface area contributed by atoms with E-state index in [9.17, 15) is 0 Å². The first-order chi connectivity index (χ1) is 6.02. The number of hydrogen-bond donors (Lipinski definition) is 0. The predicted molar refractivity (Wildman–Crippen MR) is 58.9 cm³/mol. The van der Waals surface area contributed by atoms with Crippen LogP contribution in [0.15, 0.2) is 0 Å². The van der Waals surface area contributed by atoms with Crippen LogP contribution in [0.3, 0.4) is 0 Å². The molecule has 2 atom stereocenters. The maximum absolute atomic E-state index is 2.69. The predicted octanol–water partition coefficient (Wildman–Crippen LogP) is 3.15. The summed E-state index contributed by atoms with van der Waals surface area (Å²) in [4.78, 5) is 2.69. The van der Waals surface area contributed by atoms with Crippen LogP contribution in [-0.2, 0) is 0 Å². The summed E-state index contributed by atoms with van der Waals surface area (Å²) in [5.41, 5.74) is 0. The van der Waals surface area contributed by atoms with Crippen LogP contribution in [0, 0.1) is 11.8 Å². The van der Waals surface area contributed by atoms with E-state index in [4.69, 9.17) is 0 Å². The Labute approximate surface area is 83.5 Å². The van der Waals surface area contributed by atoms with Crippen LogP contribution in [0.5, 0.6) is 0 Å². The molecule has 0 spiro atoms. The minimum Gasteiger partial charge on any atom is -0.297 e. The highest BCUT2D eigenvalue weighted by Gasteiger charge is 2.29. The molecule has 0 aromatic heterocycles. The van der Waals surface area contributed by atoms with Crippen molar-refractivity contribution in [3.05, 3.63) is 0 Å². The molecule has 0 amide bonds. The van der Waals surface area contributed by atoms with Gasteiger partial charge in [-0.1, -0.05) is 20.8 Å². The van der Waals surface area contributed by atoms with Crippen molar-refractivity contribution in [3.8, 4) is 0 Å². The van der Waals surface area contributed by atoms with Crippen LogP contribution < -0.4 is 0 Å². The number of hydrogen-bond acceptors (Lipinski definition) is 1. The average molecular weight is 183 g/mol. The van der Waals surface area contributed by atoms with Gasteiger partial charge in [-0.05, 0) is 38.5 Å². The van der Waals surface area contributed by atoms with Gasteiger partial charge in [0.15, 0.2) is 0 Å². The SMILES string of the molecule is CC1CCC(C(C)C)N(C(C)C)C1. The minimum absolute atomic E-state index is 0.718. The van der Waals surface area contributed by atoms with E-state index >= 15 is 0 Å². The molecule has 0 aromatic rings. The lowest BCUT2D eigenvalue weighted by atomic mass is 9.87. The van der Waals surface area contributed by atoms with Gasteiger partial charge in [0.05, 0.1) is 0 Å². The van der Waals surface area contributed by atoms with Crippen LogP contribution in [-0.4, -0.2) is 23.5 Å². The van der Waals surface area contributed by atoms with Gasteiger partial charge in [-0.2, -0.15) is 0 Å². The van der Waals surface area contributed by atoms with Crippen molar-refractivity contribution < 1.29 is 0 Å². The van der Waals surface area contributed by atoms with Crippen molar-refractivity contribution in [3.63, 3.8) is 0 Å². The Hall–Kier alpha value is -0.0400. The molecule has 1 aliphatic heterocycles.